The lowest BCUT2D eigenvalue weighted by Crippen LogP contribution is -2.48. The van der Waals surface area contributed by atoms with E-state index in [-0.39, 0.29) is 11.5 Å². The van der Waals surface area contributed by atoms with Gasteiger partial charge in [-0.15, -0.1) is 23.1 Å². The molecule has 0 aliphatic carbocycles. The van der Waals surface area contributed by atoms with E-state index in [4.69, 9.17) is 0 Å². The Morgan fingerprint density at radius 3 is 2.53 bits per heavy atom. The zero-order chi connectivity index (χ0) is 22.7. The fourth-order valence-corrected chi connectivity index (χ4v) is 5.06. The molecule has 1 amide bonds. The summed E-state index contributed by atoms with van der Waals surface area (Å²) in [5, 5.41) is 1.81. The first-order valence-electron chi connectivity index (χ1n) is 9.99. The monoisotopic (exact) mass is 482 g/mol. The first kappa shape index (κ1) is 22.8. The molecule has 0 saturated carbocycles. The van der Waals surface area contributed by atoms with Crippen molar-refractivity contribution < 1.29 is 18.0 Å². The Morgan fingerprint density at radius 1 is 1.12 bits per heavy atom. The lowest BCUT2D eigenvalue weighted by Gasteiger charge is -2.34. The highest BCUT2D eigenvalue weighted by Gasteiger charge is 2.30. The van der Waals surface area contributed by atoms with Gasteiger partial charge in [-0.3, -0.25) is 18.9 Å². The van der Waals surface area contributed by atoms with Crippen LogP contribution in [0.15, 0.2) is 46.7 Å². The molecular formula is C21H21F3N4O2S2. The summed E-state index contributed by atoms with van der Waals surface area (Å²) in [6.07, 6.45) is -2.64. The molecule has 3 aromatic rings. The van der Waals surface area contributed by atoms with E-state index in [0.717, 1.165) is 17.7 Å². The summed E-state index contributed by atoms with van der Waals surface area (Å²) >= 11 is 2.83. The molecule has 1 saturated heterocycles. The first-order chi connectivity index (χ1) is 15.3. The number of rotatable bonds is 6. The molecule has 0 unspecified atom stereocenters. The highest BCUT2D eigenvalue weighted by atomic mass is 32.2. The standard InChI is InChI=1S/C21H21F3N4O2S2/c22-21(23,24)16-3-1-15(2-4-16)12-26-5-7-27(8-6-26)19(30)14-31-13-17-11-18(29)28-9-10-32-20(28)25-17/h1-4,9-11H,5-8,12-14H2. The van der Waals surface area contributed by atoms with E-state index in [1.807, 2.05) is 0 Å². The van der Waals surface area contributed by atoms with Crippen LogP contribution >= 0.6 is 23.1 Å². The molecule has 1 aliphatic rings. The van der Waals surface area contributed by atoms with E-state index in [1.165, 1.54) is 45.7 Å². The molecule has 11 heteroatoms. The molecule has 4 rings (SSSR count). The van der Waals surface area contributed by atoms with Crippen LogP contribution in [0.1, 0.15) is 16.8 Å². The van der Waals surface area contributed by atoms with Crippen LogP contribution in [0.25, 0.3) is 4.96 Å². The number of piperazine rings is 1. The van der Waals surface area contributed by atoms with Gasteiger partial charge in [0.15, 0.2) is 4.96 Å². The van der Waals surface area contributed by atoms with E-state index < -0.39 is 11.7 Å². The number of carbonyl (C=O) groups excluding carboxylic acids is 1. The van der Waals surface area contributed by atoms with Gasteiger partial charge in [0, 0.05) is 56.1 Å². The SMILES string of the molecule is O=C(CSCc1cc(=O)n2ccsc2n1)N1CCN(Cc2ccc(C(F)(F)F)cc2)CC1. The number of nitrogens with zero attached hydrogens (tertiary/aromatic N) is 4. The number of halogens is 3. The summed E-state index contributed by atoms with van der Waals surface area (Å²) < 4.78 is 39.5. The molecule has 170 valence electrons. The lowest BCUT2D eigenvalue weighted by molar-refractivity contribution is -0.137. The summed E-state index contributed by atoms with van der Waals surface area (Å²) in [6.45, 7) is 3.07. The minimum absolute atomic E-state index is 0.0399. The maximum absolute atomic E-state index is 12.7. The largest absolute Gasteiger partial charge is 0.416 e. The maximum Gasteiger partial charge on any atom is 0.416 e. The Kier molecular flexibility index (Phi) is 6.87. The average molecular weight is 483 g/mol. The van der Waals surface area contributed by atoms with Crippen LogP contribution in [0.2, 0.25) is 0 Å². The van der Waals surface area contributed by atoms with Crippen molar-refractivity contribution in [2.75, 3.05) is 31.9 Å². The van der Waals surface area contributed by atoms with Crippen molar-refractivity contribution in [1.82, 2.24) is 19.2 Å². The number of fused-ring (bicyclic) bond motifs is 1. The molecule has 2 aromatic heterocycles. The fraction of sp³-hybridized carbons (Fsp3) is 0.381. The summed E-state index contributed by atoms with van der Waals surface area (Å²) in [5.41, 5.74) is 0.711. The number of carbonyl (C=O) groups is 1. The number of thioether (sulfide) groups is 1. The normalized spacial score (nSPS) is 15.4. The predicted molar refractivity (Wildman–Crippen MR) is 119 cm³/mol. The number of hydrogen-bond donors (Lipinski definition) is 0. The smallest absolute Gasteiger partial charge is 0.339 e. The molecule has 0 bridgehead atoms. The molecule has 0 atom stereocenters. The zero-order valence-corrected chi connectivity index (χ0v) is 18.7. The van der Waals surface area contributed by atoms with Crippen molar-refractivity contribution in [2.45, 2.75) is 18.5 Å². The van der Waals surface area contributed by atoms with Gasteiger partial charge >= 0.3 is 6.18 Å². The molecule has 0 spiro atoms. The minimum Gasteiger partial charge on any atom is -0.339 e. The number of thiazole rings is 1. The molecule has 6 nitrogen and oxygen atoms in total. The van der Waals surface area contributed by atoms with Gasteiger partial charge in [0.05, 0.1) is 17.0 Å². The molecular weight excluding hydrogens is 461 g/mol. The third kappa shape index (κ3) is 5.51. The number of benzene rings is 1. The van der Waals surface area contributed by atoms with Gasteiger partial charge in [0.2, 0.25) is 5.91 Å². The molecule has 1 aliphatic heterocycles. The van der Waals surface area contributed by atoms with Crippen LogP contribution in [-0.4, -0.2) is 57.0 Å². The van der Waals surface area contributed by atoms with Gasteiger partial charge in [0.1, 0.15) is 0 Å². The molecule has 0 radical (unpaired) electrons. The highest BCUT2D eigenvalue weighted by molar-refractivity contribution is 7.99. The molecule has 1 fully saturated rings. The summed E-state index contributed by atoms with van der Waals surface area (Å²) in [4.78, 5) is 33.6. The van der Waals surface area contributed by atoms with Crippen LogP contribution < -0.4 is 5.56 Å². The van der Waals surface area contributed by atoms with Gasteiger partial charge in [-0.25, -0.2) is 4.98 Å². The average Bonchev–Trinajstić information content (AvgIpc) is 3.23. The van der Waals surface area contributed by atoms with Gasteiger partial charge in [-0.05, 0) is 17.7 Å². The number of hydrogen-bond acceptors (Lipinski definition) is 6. The fourth-order valence-electron chi connectivity index (χ4n) is 3.51. The van der Waals surface area contributed by atoms with Crippen molar-refractivity contribution in [3.8, 4) is 0 Å². The Bertz CT molecular complexity index is 1140. The van der Waals surface area contributed by atoms with Gasteiger partial charge in [0.25, 0.3) is 5.56 Å². The summed E-state index contributed by atoms with van der Waals surface area (Å²) in [6, 6.07) is 6.71. The van der Waals surface area contributed by atoms with Gasteiger partial charge < -0.3 is 4.90 Å². The third-order valence-corrected chi connectivity index (χ3v) is 6.95. The Morgan fingerprint density at radius 2 is 1.84 bits per heavy atom. The highest BCUT2D eigenvalue weighted by Crippen LogP contribution is 2.29. The Labute approximate surface area is 190 Å². The van der Waals surface area contributed by atoms with Gasteiger partial charge in [-0.1, -0.05) is 12.1 Å². The van der Waals surface area contributed by atoms with E-state index in [0.29, 0.717) is 54.9 Å². The quantitative estimate of drug-likeness (QED) is 0.540. The van der Waals surface area contributed by atoms with E-state index in [1.54, 1.807) is 16.5 Å². The van der Waals surface area contributed by atoms with Crippen molar-refractivity contribution in [1.29, 1.82) is 0 Å². The van der Waals surface area contributed by atoms with E-state index >= 15 is 0 Å². The van der Waals surface area contributed by atoms with Crippen LogP contribution in [-0.2, 0) is 23.3 Å². The number of alkyl halides is 3. The molecule has 32 heavy (non-hydrogen) atoms. The van der Waals surface area contributed by atoms with Crippen LogP contribution in [0.3, 0.4) is 0 Å². The predicted octanol–water partition coefficient (Wildman–Crippen LogP) is 3.35. The Balaban J connectivity index is 1.21. The minimum atomic E-state index is -4.33. The van der Waals surface area contributed by atoms with Crippen molar-refractivity contribution in [2.24, 2.45) is 0 Å². The number of aromatic nitrogens is 2. The second-order valence-corrected chi connectivity index (χ2v) is 9.34. The van der Waals surface area contributed by atoms with E-state index in [2.05, 4.69) is 9.88 Å². The molecule has 0 N–H and O–H groups in total. The first-order valence-corrected chi connectivity index (χ1v) is 12.0. The second-order valence-electron chi connectivity index (χ2n) is 7.49. The Hall–Kier alpha value is -2.37. The van der Waals surface area contributed by atoms with Crippen LogP contribution in [0, 0.1) is 0 Å². The van der Waals surface area contributed by atoms with Crippen molar-refractivity contribution in [3.63, 3.8) is 0 Å². The van der Waals surface area contributed by atoms with Crippen LogP contribution in [0.4, 0.5) is 13.2 Å². The topological polar surface area (TPSA) is 57.9 Å². The second kappa shape index (κ2) is 9.63. The van der Waals surface area contributed by atoms with Crippen LogP contribution in [0.5, 0.6) is 0 Å². The number of amides is 1. The zero-order valence-electron chi connectivity index (χ0n) is 17.0. The third-order valence-electron chi connectivity index (χ3n) is 5.24. The summed E-state index contributed by atoms with van der Waals surface area (Å²) in [5.74, 6) is 0.839. The van der Waals surface area contributed by atoms with E-state index in [9.17, 15) is 22.8 Å². The lowest BCUT2D eigenvalue weighted by atomic mass is 10.1. The maximum atomic E-state index is 12.7. The van der Waals surface area contributed by atoms with Gasteiger partial charge in [-0.2, -0.15) is 13.2 Å². The molecule has 1 aromatic carbocycles. The molecule has 3 heterocycles. The van der Waals surface area contributed by atoms with Crippen molar-refractivity contribution >= 4 is 34.0 Å². The summed E-state index contributed by atoms with van der Waals surface area (Å²) in [7, 11) is 0. The van der Waals surface area contributed by atoms with Crippen molar-refractivity contribution in [3.05, 3.63) is 69.1 Å².